The third-order valence-electron chi connectivity index (χ3n) is 2.69. The van der Waals surface area contributed by atoms with Crippen molar-refractivity contribution in [3.05, 3.63) is 17.0 Å². The Labute approximate surface area is 105 Å². The number of carbonyl (C=O) groups excluding carboxylic acids is 1. The van der Waals surface area contributed by atoms with Gasteiger partial charge in [-0.05, 0) is 18.5 Å². The van der Waals surface area contributed by atoms with E-state index in [4.69, 9.17) is 16.3 Å². The molecule has 1 aliphatic rings. The van der Waals surface area contributed by atoms with Gasteiger partial charge in [-0.3, -0.25) is 0 Å². The van der Waals surface area contributed by atoms with E-state index in [1.807, 2.05) is 6.07 Å². The van der Waals surface area contributed by atoms with E-state index < -0.39 is 0 Å². The van der Waals surface area contributed by atoms with E-state index in [-0.39, 0.29) is 17.7 Å². The molecular formula is C11H14ClN3O2. The number of anilines is 1. The Kier molecular flexibility index (Phi) is 3.91. The van der Waals surface area contributed by atoms with Crippen LogP contribution in [0.15, 0.2) is 6.07 Å². The molecule has 1 fully saturated rings. The fourth-order valence-electron chi connectivity index (χ4n) is 1.86. The number of hydrogen-bond acceptors (Lipinski definition) is 5. The Hall–Kier alpha value is -1.20. The van der Waals surface area contributed by atoms with Gasteiger partial charge < -0.3 is 14.4 Å². The monoisotopic (exact) mass is 255 g/mol. The van der Waals surface area contributed by atoms with Crippen molar-refractivity contribution in [1.29, 1.82) is 0 Å². The highest BCUT2D eigenvalue weighted by Crippen LogP contribution is 2.19. The van der Waals surface area contributed by atoms with Crippen LogP contribution < -0.4 is 4.90 Å². The van der Waals surface area contributed by atoms with Crippen molar-refractivity contribution < 1.29 is 9.53 Å². The van der Waals surface area contributed by atoms with Crippen LogP contribution in [0.4, 0.5) is 5.82 Å². The minimum absolute atomic E-state index is 0.179. The summed E-state index contributed by atoms with van der Waals surface area (Å²) >= 11 is 5.86. The van der Waals surface area contributed by atoms with Gasteiger partial charge in [0, 0.05) is 19.0 Å². The first-order valence-corrected chi connectivity index (χ1v) is 5.90. The minimum Gasteiger partial charge on any atom is -0.377 e. The van der Waals surface area contributed by atoms with E-state index in [9.17, 15) is 4.79 Å². The topological polar surface area (TPSA) is 55.3 Å². The fraction of sp³-hybridized carbons (Fsp3) is 0.545. The molecule has 0 saturated carbocycles. The molecule has 0 N–H and O–H groups in total. The van der Waals surface area contributed by atoms with E-state index in [1.54, 1.807) is 0 Å². The van der Waals surface area contributed by atoms with Crippen LogP contribution in [0.5, 0.6) is 0 Å². The highest BCUT2D eigenvalue weighted by Gasteiger charge is 2.21. The summed E-state index contributed by atoms with van der Waals surface area (Å²) in [5, 5.41) is 0.179. The molecule has 0 amide bonds. The van der Waals surface area contributed by atoms with E-state index in [0.717, 1.165) is 18.6 Å². The second-order valence-corrected chi connectivity index (χ2v) is 4.31. The van der Waals surface area contributed by atoms with Crippen LogP contribution in [0, 0.1) is 0 Å². The molecule has 17 heavy (non-hydrogen) atoms. The van der Waals surface area contributed by atoms with Gasteiger partial charge in [-0.2, -0.15) is 0 Å². The zero-order chi connectivity index (χ0) is 12.3. The number of nitrogens with zero attached hydrogens (tertiary/aromatic N) is 3. The molecule has 0 bridgehead atoms. The Morgan fingerprint density at radius 3 is 3.18 bits per heavy atom. The van der Waals surface area contributed by atoms with Gasteiger partial charge in [0.05, 0.1) is 24.9 Å². The average molecular weight is 256 g/mol. The number of ether oxygens (including phenoxy) is 1. The lowest BCUT2D eigenvalue weighted by Crippen LogP contribution is -2.44. The molecule has 1 aliphatic heterocycles. The highest BCUT2D eigenvalue weighted by atomic mass is 35.5. The lowest BCUT2D eigenvalue weighted by molar-refractivity contribution is -0.107. The molecule has 1 atom stereocenters. The van der Waals surface area contributed by atoms with Crippen LogP contribution >= 0.6 is 11.6 Å². The van der Waals surface area contributed by atoms with E-state index >= 15 is 0 Å². The predicted octanol–water partition coefficient (Wildman–Crippen LogP) is 1.10. The molecule has 0 aliphatic carbocycles. The lowest BCUT2D eigenvalue weighted by Gasteiger charge is -2.34. The lowest BCUT2D eigenvalue weighted by atomic mass is 10.2. The van der Waals surface area contributed by atoms with Gasteiger partial charge in [-0.1, -0.05) is 0 Å². The van der Waals surface area contributed by atoms with Crippen LogP contribution in [0.25, 0.3) is 0 Å². The SMILES string of the molecule is C[C@@H]1COCCN1c1cc(CC=O)nc(Cl)n1. The molecule has 1 aromatic rings. The number of aldehydes is 1. The average Bonchev–Trinajstić information content (AvgIpc) is 2.29. The van der Waals surface area contributed by atoms with Crippen molar-refractivity contribution in [2.24, 2.45) is 0 Å². The van der Waals surface area contributed by atoms with E-state index in [1.165, 1.54) is 0 Å². The highest BCUT2D eigenvalue weighted by molar-refractivity contribution is 6.28. The summed E-state index contributed by atoms with van der Waals surface area (Å²) in [4.78, 5) is 20.8. The van der Waals surface area contributed by atoms with Crippen LogP contribution in [0.1, 0.15) is 12.6 Å². The van der Waals surface area contributed by atoms with E-state index in [2.05, 4.69) is 21.8 Å². The van der Waals surface area contributed by atoms with Crippen molar-refractivity contribution in [3.63, 3.8) is 0 Å². The van der Waals surface area contributed by atoms with Crippen molar-refractivity contribution in [3.8, 4) is 0 Å². The first kappa shape index (κ1) is 12.3. The van der Waals surface area contributed by atoms with Crippen LogP contribution in [-0.2, 0) is 16.0 Å². The summed E-state index contributed by atoms with van der Waals surface area (Å²) in [6.45, 7) is 4.18. The smallest absolute Gasteiger partial charge is 0.224 e. The molecule has 0 unspecified atom stereocenters. The molecule has 0 aromatic carbocycles. The van der Waals surface area contributed by atoms with Crippen LogP contribution in [-0.4, -0.2) is 42.1 Å². The zero-order valence-electron chi connectivity index (χ0n) is 9.60. The summed E-state index contributed by atoms with van der Waals surface area (Å²) in [5.41, 5.74) is 0.647. The molecular weight excluding hydrogens is 242 g/mol. The summed E-state index contributed by atoms with van der Waals surface area (Å²) < 4.78 is 5.37. The largest absolute Gasteiger partial charge is 0.377 e. The third-order valence-corrected chi connectivity index (χ3v) is 2.86. The van der Waals surface area contributed by atoms with E-state index in [0.29, 0.717) is 18.9 Å². The maximum absolute atomic E-state index is 10.5. The quantitative estimate of drug-likeness (QED) is 0.598. The molecule has 2 heterocycles. The molecule has 1 aromatic heterocycles. The van der Waals surface area contributed by atoms with Crippen molar-refractivity contribution in [2.75, 3.05) is 24.7 Å². The number of hydrogen-bond donors (Lipinski definition) is 0. The summed E-state index contributed by atoms with van der Waals surface area (Å²) in [7, 11) is 0. The molecule has 0 radical (unpaired) electrons. The van der Waals surface area contributed by atoms with Gasteiger partial charge >= 0.3 is 0 Å². The van der Waals surface area contributed by atoms with Gasteiger partial charge in [-0.25, -0.2) is 9.97 Å². The fourth-order valence-corrected chi connectivity index (χ4v) is 2.05. The predicted molar refractivity (Wildman–Crippen MR) is 64.4 cm³/mol. The Balaban J connectivity index is 2.26. The van der Waals surface area contributed by atoms with Crippen molar-refractivity contribution in [1.82, 2.24) is 9.97 Å². The first-order valence-electron chi connectivity index (χ1n) is 5.52. The zero-order valence-corrected chi connectivity index (χ0v) is 10.4. The maximum Gasteiger partial charge on any atom is 0.224 e. The number of aromatic nitrogens is 2. The molecule has 1 saturated heterocycles. The standard InChI is InChI=1S/C11H14ClN3O2/c1-8-7-17-5-3-15(8)10-6-9(2-4-16)13-11(12)14-10/h4,6,8H,2-3,5,7H2,1H3/t8-/m1/s1. The summed E-state index contributed by atoms with van der Waals surface area (Å²) in [5.74, 6) is 0.762. The number of rotatable bonds is 3. The molecule has 5 nitrogen and oxygen atoms in total. The summed E-state index contributed by atoms with van der Waals surface area (Å²) in [6, 6.07) is 2.06. The van der Waals surface area contributed by atoms with Gasteiger partial charge in [0.1, 0.15) is 12.1 Å². The molecule has 92 valence electrons. The molecule has 0 spiro atoms. The summed E-state index contributed by atoms with van der Waals surface area (Å²) in [6.07, 6.45) is 1.07. The van der Waals surface area contributed by atoms with Crippen molar-refractivity contribution in [2.45, 2.75) is 19.4 Å². The third kappa shape index (κ3) is 2.92. The molecule has 2 rings (SSSR count). The Morgan fingerprint density at radius 1 is 1.65 bits per heavy atom. The van der Waals surface area contributed by atoms with Crippen molar-refractivity contribution >= 4 is 23.7 Å². The maximum atomic E-state index is 10.5. The first-order chi connectivity index (χ1) is 8.20. The molecule has 6 heteroatoms. The number of carbonyl (C=O) groups is 1. The number of morpholine rings is 1. The van der Waals surface area contributed by atoms with Gasteiger partial charge in [-0.15, -0.1) is 0 Å². The number of halogens is 1. The second kappa shape index (κ2) is 5.42. The normalized spacial score (nSPS) is 20.4. The Morgan fingerprint density at radius 2 is 2.47 bits per heavy atom. The van der Waals surface area contributed by atoms with Gasteiger partial charge in [0.15, 0.2) is 0 Å². The van der Waals surface area contributed by atoms with Gasteiger partial charge in [0.25, 0.3) is 0 Å². The van der Waals surface area contributed by atoms with Crippen LogP contribution in [0.2, 0.25) is 5.28 Å². The second-order valence-electron chi connectivity index (χ2n) is 3.97. The van der Waals surface area contributed by atoms with Crippen LogP contribution in [0.3, 0.4) is 0 Å². The Bertz CT molecular complexity index is 414. The minimum atomic E-state index is 0.179. The van der Waals surface area contributed by atoms with Gasteiger partial charge in [0.2, 0.25) is 5.28 Å².